The third-order valence-electron chi connectivity index (χ3n) is 2.42. The Labute approximate surface area is 144 Å². The summed E-state index contributed by atoms with van der Waals surface area (Å²) in [5.41, 5.74) is 0. The van der Waals surface area contributed by atoms with E-state index >= 15 is 0 Å². The van der Waals surface area contributed by atoms with Gasteiger partial charge in [0.15, 0.2) is 18.3 Å². The van der Waals surface area contributed by atoms with E-state index in [2.05, 4.69) is 24.2 Å². The van der Waals surface area contributed by atoms with Crippen molar-refractivity contribution in [1.29, 1.82) is 0 Å². The van der Waals surface area contributed by atoms with Crippen LogP contribution in [0.4, 0.5) is 0 Å². The van der Waals surface area contributed by atoms with Gasteiger partial charge in [-0.15, -0.1) is 50.6 Å². The quantitative estimate of drug-likeness (QED) is 0.216. The van der Waals surface area contributed by atoms with Crippen LogP contribution in [0.3, 0.4) is 0 Å². The molecule has 0 amide bonds. The molecule has 0 aliphatic rings. The fourth-order valence-electron chi connectivity index (χ4n) is 1.53. The molecule has 0 aliphatic carbocycles. The molecule has 0 radical (unpaired) electrons. The Balaban J connectivity index is 5.64. The maximum Gasteiger partial charge on any atom is 0.294 e. The van der Waals surface area contributed by atoms with Gasteiger partial charge in [0.2, 0.25) is 0 Å². The van der Waals surface area contributed by atoms with Gasteiger partial charge >= 0.3 is 0 Å². The highest BCUT2D eigenvalue weighted by Crippen LogP contribution is 2.16. The molecule has 0 aromatic rings. The summed E-state index contributed by atoms with van der Waals surface area (Å²) in [5, 5.41) is 53.8. The standard InChI is InChI=1S/C6H9N5O16/c12-5(3(25-9(17)18)1-23-7(13)14)6(27-11(21)22)4(26-10(19)20)2-24-8(15)16/h3-6,12H,1-2H2. The van der Waals surface area contributed by atoms with Crippen molar-refractivity contribution >= 4 is 0 Å². The van der Waals surface area contributed by atoms with Crippen LogP contribution in [0.25, 0.3) is 0 Å². The van der Waals surface area contributed by atoms with Crippen molar-refractivity contribution in [2.24, 2.45) is 0 Å². The van der Waals surface area contributed by atoms with E-state index in [4.69, 9.17) is 0 Å². The first-order chi connectivity index (χ1) is 12.4. The predicted molar refractivity (Wildman–Crippen MR) is 67.5 cm³/mol. The van der Waals surface area contributed by atoms with Gasteiger partial charge in [-0.1, -0.05) is 0 Å². The van der Waals surface area contributed by atoms with Gasteiger partial charge in [0.05, 0.1) is 0 Å². The number of nitrogens with zero attached hydrogens (tertiary/aromatic N) is 5. The Morgan fingerprint density at radius 1 is 0.630 bits per heavy atom. The lowest BCUT2D eigenvalue weighted by atomic mass is 10.0. The summed E-state index contributed by atoms with van der Waals surface area (Å²) in [4.78, 5) is 70.7. The van der Waals surface area contributed by atoms with Crippen LogP contribution in [0.1, 0.15) is 0 Å². The number of hydrogen-bond acceptors (Lipinski definition) is 16. The van der Waals surface area contributed by atoms with Crippen molar-refractivity contribution in [2.45, 2.75) is 24.4 Å². The monoisotopic (exact) mass is 407 g/mol. The SMILES string of the molecule is O=[N+]([O-])OCC(O[N+](=O)[O-])C(O)C(O[N+](=O)[O-])C(CO[N+](=O)[O-])O[N+](=O)[O-]. The minimum absolute atomic E-state index is 1.38. The molecular weight excluding hydrogens is 398 g/mol. The summed E-state index contributed by atoms with van der Waals surface area (Å²) in [6.07, 6.45) is -9.94. The number of hydrogen-bond donors (Lipinski definition) is 1. The molecule has 154 valence electrons. The highest BCUT2D eigenvalue weighted by Gasteiger charge is 2.41. The van der Waals surface area contributed by atoms with Crippen molar-refractivity contribution < 1.29 is 54.7 Å². The number of rotatable bonds is 15. The molecule has 0 saturated carbocycles. The predicted octanol–water partition coefficient (Wildman–Crippen LogP) is -2.51. The molecule has 0 heterocycles. The Morgan fingerprint density at radius 3 is 1.37 bits per heavy atom. The highest BCUT2D eigenvalue weighted by atomic mass is 17.0. The molecule has 0 bridgehead atoms. The van der Waals surface area contributed by atoms with E-state index in [0.29, 0.717) is 0 Å². The topological polar surface area (TPSA) is 282 Å². The zero-order valence-electron chi connectivity index (χ0n) is 12.5. The van der Waals surface area contributed by atoms with Crippen molar-refractivity contribution in [1.82, 2.24) is 0 Å². The van der Waals surface area contributed by atoms with E-state index in [1.54, 1.807) is 0 Å². The van der Waals surface area contributed by atoms with Gasteiger partial charge in [0.1, 0.15) is 19.3 Å². The first kappa shape index (κ1) is 23.0. The van der Waals surface area contributed by atoms with Crippen molar-refractivity contribution in [3.05, 3.63) is 50.6 Å². The summed E-state index contributed by atoms with van der Waals surface area (Å²) in [7, 11) is 0. The average Bonchev–Trinajstić information content (AvgIpc) is 2.51. The minimum Gasteiger partial charge on any atom is -0.388 e. The number of aliphatic hydroxyl groups is 1. The van der Waals surface area contributed by atoms with Crippen LogP contribution in [0.2, 0.25) is 0 Å². The molecule has 0 saturated heterocycles. The largest absolute Gasteiger partial charge is 0.388 e. The average molecular weight is 407 g/mol. The van der Waals surface area contributed by atoms with Crippen LogP contribution < -0.4 is 0 Å². The summed E-state index contributed by atoms with van der Waals surface area (Å²) >= 11 is 0. The molecule has 0 aromatic carbocycles. The smallest absolute Gasteiger partial charge is 0.294 e. The molecule has 1 N–H and O–H groups in total. The molecular formula is C6H9N5O16. The van der Waals surface area contributed by atoms with Crippen LogP contribution >= 0.6 is 0 Å². The van der Waals surface area contributed by atoms with E-state index in [9.17, 15) is 55.7 Å². The Morgan fingerprint density at radius 2 is 1.00 bits per heavy atom. The molecule has 0 spiro atoms. The normalized spacial score (nSPS) is 14.6. The van der Waals surface area contributed by atoms with E-state index in [1.807, 2.05) is 0 Å². The molecule has 21 nitrogen and oxygen atoms in total. The van der Waals surface area contributed by atoms with Gasteiger partial charge in [-0.05, 0) is 0 Å². The van der Waals surface area contributed by atoms with Crippen molar-refractivity contribution in [2.75, 3.05) is 13.2 Å². The van der Waals surface area contributed by atoms with Crippen molar-refractivity contribution in [3.8, 4) is 0 Å². The minimum atomic E-state index is -2.62. The molecule has 0 rings (SSSR count). The molecule has 0 aliphatic heterocycles. The van der Waals surface area contributed by atoms with Crippen molar-refractivity contribution in [3.63, 3.8) is 0 Å². The van der Waals surface area contributed by atoms with Gasteiger partial charge in [-0.3, -0.25) is 0 Å². The van der Waals surface area contributed by atoms with Crippen LogP contribution in [0.15, 0.2) is 0 Å². The first-order valence-corrected chi connectivity index (χ1v) is 6.10. The molecule has 0 fully saturated rings. The van der Waals surface area contributed by atoms with Crippen LogP contribution in [0.5, 0.6) is 0 Å². The molecule has 27 heavy (non-hydrogen) atoms. The zero-order valence-corrected chi connectivity index (χ0v) is 12.5. The van der Waals surface area contributed by atoms with E-state index in [-0.39, 0.29) is 0 Å². The van der Waals surface area contributed by atoms with Crippen LogP contribution in [-0.4, -0.2) is 68.2 Å². The Hall–Kier alpha value is -4.04. The van der Waals surface area contributed by atoms with E-state index < -0.39 is 63.1 Å². The lowest BCUT2D eigenvalue weighted by Gasteiger charge is -2.30. The van der Waals surface area contributed by atoms with E-state index in [1.165, 1.54) is 0 Å². The fraction of sp³-hybridized carbons (Fsp3) is 1.00. The summed E-state index contributed by atoms with van der Waals surface area (Å²) in [6, 6.07) is 0. The summed E-state index contributed by atoms with van der Waals surface area (Å²) < 4.78 is 0. The number of aliphatic hydroxyl groups excluding tert-OH is 1. The summed E-state index contributed by atoms with van der Waals surface area (Å²) in [6.45, 7) is -2.79. The van der Waals surface area contributed by atoms with Gasteiger partial charge < -0.3 is 29.3 Å². The third-order valence-corrected chi connectivity index (χ3v) is 2.42. The van der Waals surface area contributed by atoms with Gasteiger partial charge in [-0.2, -0.15) is 0 Å². The maximum atomic E-state index is 10.5. The Bertz CT molecular complexity index is 568. The third kappa shape index (κ3) is 9.75. The van der Waals surface area contributed by atoms with Crippen LogP contribution in [-0.2, 0) is 24.2 Å². The fourth-order valence-corrected chi connectivity index (χ4v) is 1.53. The lowest BCUT2D eigenvalue weighted by molar-refractivity contribution is -0.815. The van der Waals surface area contributed by atoms with Gasteiger partial charge in [0.25, 0.3) is 25.4 Å². The second-order valence-corrected chi connectivity index (χ2v) is 4.06. The molecule has 0 aromatic heterocycles. The van der Waals surface area contributed by atoms with Gasteiger partial charge in [-0.25, -0.2) is 0 Å². The molecule has 4 unspecified atom stereocenters. The summed E-state index contributed by atoms with van der Waals surface area (Å²) in [5.74, 6) is 0. The first-order valence-electron chi connectivity index (χ1n) is 6.10. The molecule has 21 heteroatoms. The van der Waals surface area contributed by atoms with Crippen LogP contribution in [0, 0.1) is 50.6 Å². The highest BCUT2D eigenvalue weighted by molar-refractivity contribution is 4.82. The second-order valence-electron chi connectivity index (χ2n) is 4.06. The van der Waals surface area contributed by atoms with E-state index in [0.717, 1.165) is 0 Å². The second kappa shape index (κ2) is 10.7. The van der Waals surface area contributed by atoms with Gasteiger partial charge in [0, 0.05) is 0 Å². The lowest BCUT2D eigenvalue weighted by Crippen LogP contribution is -2.53. The zero-order chi connectivity index (χ0) is 21.1. The molecule has 4 atom stereocenters. The maximum absolute atomic E-state index is 10.5. The Kier molecular flexibility index (Phi) is 9.14.